The summed E-state index contributed by atoms with van der Waals surface area (Å²) < 4.78 is 0. The molecular formula is C18H27NO4. The van der Waals surface area contributed by atoms with Crippen LogP contribution in [0.3, 0.4) is 0 Å². The molecule has 128 valence electrons. The number of carbonyl (C=O) groups is 2. The molecule has 0 heterocycles. The van der Waals surface area contributed by atoms with E-state index < -0.39 is 11.6 Å². The molecule has 0 radical (unpaired) electrons. The van der Waals surface area contributed by atoms with Gasteiger partial charge in [-0.3, -0.25) is 4.79 Å². The third-order valence-corrected chi connectivity index (χ3v) is 3.91. The number of aromatic carboxylic acids is 1. The van der Waals surface area contributed by atoms with Gasteiger partial charge in [0.2, 0.25) is 5.91 Å². The number of benzene rings is 1. The highest BCUT2D eigenvalue weighted by atomic mass is 16.4. The van der Waals surface area contributed by atoms with Gasteiger partial charge >= 0.3 is 5.97 Å². The van der Waals surface area contributed by atoms with Crippen LogP contribution in [0.4, 0.5) is 0 Å². The van der Waals surface area contributed by atoms with Gasteiger partial charge in [0.1, 0.15) is 0 Å². The molecule has 3 N–H and O–H groups in total. The van der Waals surface area contributed by atoms with Crippen LogP contribution in [0.2, 0.25) is 0 Å². The van der Waals surface area contributed by atoms with Crippen molar-refractivity contribution in [1.29, 1.82) is 0 Å². The molecule has 0 unspecified atom stereocenters. The minimum atomic E-state index is -0.985. The van der Waals surface area contributed by atoms with E-state index in [0.29, 0.717) is 24.8 Å². The van der Waals surface area contributed by atoms with Gasteiger partial charge in [0.25, 0.3) is 0 Å². The Kier molecular flexibility index (Phi) is 7.75. The summed E-state index contributed by atoms with van der Waals surface area (Å²) in [6, 6.07) is 6.70. The Labute approximate surface area is 137 Å². The van der Waals surface area contributed by atoms with Crippen LogP contribution < -0.4 is 5.32 Å². The molecule has 0 aliphatic carbocycles. The molecule has 1 rings (SSSR count). The maximum absolute atomic E-state index is 12.0. The summed E-state index contributed by atoms with van der Waals surface area (Å²) >= 11 is 0. The molecule has 0 saturated heterocycles. The van der Waals surface area contributed by atoms with E-state index in [4.69, 9.17) is 5.11 Å². The second-order valence-corrected chi connectivity index (χ2v) is 5.96. The lowest BCUT2D eigenvalue weighted by molar-refractivity contribution is -0.122. The van der Waals surface area contributed by atoms with Gasteiger partial charge in [-0.1, -0.05) is 44.9 Å². The van der Waals surface area contributed by atoms with Crippen LogP contribution in [0.15, 0.2) is 24.3 Å². The highest BCUT2D eigenvalue weighted by Gasteiger charge is 2.25. The van der Waals surface area contributed by atoms with E-state index in [1.807, 2.05) is 13.8 Å². The molecule has 1 amide bonds. The van der Waals surface area contributed by atoms with Gasteiger partial charge in [-0.15, -0.1) is 0 Å². The molecule has 0 aromatic heterocycles. The predicted molar refractivity (Wildman–Crippen MR) is 89.5 cm³/mol. The molecule has 5 nitrogen and oxygen atoms in total. The van der Waals surface area contributed by atoms with Crippen LogP contribution in [-0.4, -0.2) is 34.2 Å². The smallest absolute Gasteiger partial charge is 0.335 e. The summed E-state index contributed by atoms with van der Waals surface area (Å²) in [6.07, 6.45) is 3.61. The topological polar surface area (TPSA) is 86.6 Å². The van der Waals surface area contributed by atoms with Gasteiger partial charge in [-0.05, 0) is 30.9 Å². The van der Waals surface area contributed by atoms with E-state index >= 15 is 0 Å². The second-order valence-electron chi connectivity index (χ2n) is 5.96. The Bertz CT molecular complexity index is 522. The fourth-order valence-corrected chi connectivity index (χ4v) is 2.78. The van der Waals surface area contributed by atoms with Crippen molar-refractivity contribution in [3.05, 3.63) is 35.4 Å². The number of hydrogen-bond donors (Lipinski definition) is 3. The first-order valence-electron chi connectivity index (χ1n) is 8.22. The van der Waals surface area contributed by atoms with Gasteiger partial charge in [-0.2, -0.15) is 0 Å². The van der Waals surface area contributed by atoms with Gasteiger partial charge in [0.05, 0.1) is 11.2 Å². The Morgan fingerprint density at radius 3 is 2.30 bits per heavy atom. The number of aliphatic hydroxyl groups is 1. The highest BCUT2D eigenvalue weighted by Crippen LogP contribution is 2.18. The fraction of sp³-hybridized carbons (Fsp3) is 0.556. The van der Waals surface area contributed by atoms with Crippen LogP contribution in [0.1, 0.15) is 61.9 Å². The third kappa shape index (κ3) is 6.40. The summed E-state index contributed by atoms with van der Waals surface area (Å²) in [5, 5.41) is 22.4. The summed E-state index contributed by atoms with van der Waals surface area (Å²) in [4.78, 5) is 23.1. The lowest BCUT2D eigenvalue weighted by Gasteiger charge is -2.27. The van der Waals surface area contributed by atoms with E-state index in [-0.39, 0.29) is 24.4 Å². The average Bonchev–Trinajstić information content (AvgIpc) is 2.51. The zero-order valence-corrected chi connectivity index (χ0v) is 14.0. The van der Waals surface area contributed by atoms with E-state index in [2.05, 4.69) is 5.32 Å². The molecule has 0 fully saturated rings. The SMILES string of the molecule is CCCC(O)(CCC)CNC(=O)CCc1ccccc1C(=O)O. The molecule has 0 aliphatic heterocycles. The molecule has 0 bridgehead atoms. The molecule has 1 aromatic rings. The van der Waals surface area contributed by atoms with Crippen molar-refractivity contribution in [1.82, 2.24) is 5.32 Å². The predicted octanol–water partition coefficient (Wildman–Crippen LogP) is 2.76. The molecule has 0 spiro atoms. The highest BCUT2D eigenvalue weighted by molar-refractivity contribution is 5.89. The first-order valence-corrected chi connectivity index (χ1v) is 8.22. The van der Waals surface area contributed by atoms with Gasteiger partial charge in [-0.25, -0.2) is 4.79 Å². The van der Waals surface area contributed by atoms with E-state index in [9.17, 15) is 14.7 Å². The average molecular weight is 321 g/mol. The molecule has 0 saturated carbocycles. The summed E-state index contributed by atoms with van der Waals surface area (Å²) in [6.45, 7) is 4.25. The second kappa shape index (κ2) is 9.30. The third-order valence-electron chi connectivity index (χ3n) is 3.91. The maximum Gasteiger partial charge on any atom is 0.335 e. The van der Waals surface area contributed by atoms with Crippen molar-refractivity contribution in [2.75, 3.05) is 6.54 Å². The standard InChI is InChI=1S/C18H27NO4/c1-3-11-18(23,12-4-2)13-19-16(20)10-9-14-7-5-6-8-15(14)17(21)22/h5-8,23H,3-4,9-13H2,1-2H3,(H,19,20)(H,21,22). The van der Waals surface area contributed by atoms with E-state index in [1.54, 1.807) is 18.2 Å². The molecule has 1 aromatic carbocycles. The maximum atomic E-state index is 12.0. The van der Waals surface area contributed by atoms with Crippen LogP contribution in [0, 0.1) is 0 Å². The number of carboxylic acids is 1. The number of aryl methyl sites for hydroxylation is 1. The van der Waals surface area contributed by atoms with Crippen molar-refractivity contribution in [3.63, 3.8) is 0 Å². The number of amides is 1. The van der Waals surface area contributed by atoms with Crippen LogP contribution in [0.25, 0.3) is 0 Å². The molecule has 23 heavy (non-hydrogen) atoms. The number of hydrogen-bond acceptors (Lipinski definition) is 3. The lowest BCUT2D eigenvalue weighted by atomic mass is 9.92. The Morgan fingerprint density at radius 1 is 1.13 bits per heavy atom. The Balaban J connectivity index is 2.53. The summed E-state index contributed by atoms with van der Waals surface area (Å²) in [5.74, 6) is -1.16. The Hall–Kier alpha value is -1.88. The van der Waals surface area contributed by atoms with Gasteiger partial charge in [0, 0.05) is 13.0 Å². The lowest BCUT2D eigenvalue weighted by Crippen LogP contribution is -2.42. The largest absolute Gasteiger partial charge is 0.478 e. The minimum absolute atomic E-state index is 0.171. The van der Waals surface area contributed by atoms with Crippen molar-refractivity contribution in [2.24, 2.45) is 0 Å². The van der Waals surface area contributed by atoms with Crippen molar-refractivity contribution < 1.29 is 19.8 Å². The number of nitrogens with one attached hydrogen (secondary N) is 1. The zero-order chi connectivity index (χ0) is 17.3. The quantitative estimate of drug-likeness (QED) is 0.618. The summed E-state index contributed by atoms with van der Waals surface area (Å²) in [5.41, 5.74) is 0.0271. The van der Waals surface area contributed by atoms with Gasteiger partial charge < -0.3 is 15.5 Å². The molecule has 0 aliphatic rings. The molecule has 0 atom stereocenters. The number of rotatable bonds is 10. The zero-order valence-electron chi connectivity index (χ0n) is 14.0. The van der Waals surface area contributed by atoms with E-state index in [0.717, 1.165) is 12.8 Å². The van der Waals surface area contributed by atoms with Gasteiger partial charge in [0.15, 0.2) is 0 Å². The Morgan fingerprint density at radius 2 is 1.74 bits per heavy atom. The van der Waals surface area contributed by atoms with Crippen molar-refractivity contribution in [3.8, 4) is 0 Å². The number of carbonyl (C=O) groups excluding carboxylic acids is 1. The molecular weight excluding hydrogens is 294 g/mol. The molecule has 5 heteroatoms. The number of carboxylic acid groups (broad SMARTS) is 1. The monoisotopic (exact) mass is 321 g/mol. The fourth-order valence-electron chi connectivity index (χ4n) is 2.78. The van der Waals surface area contributed by atoms with Crippen LogP contribution in [-0.2, 0) is 11.2 Å². The van der Waals surface area contributed by atoms with Crippen molar-refractivity contribution >= 4 is 11.9 Å². The minimum Gasteiger partial charge on any atom is -0.478 e. The first kappa shape index (κ1) is 19.2. The van der Waals surface area contributed by atoms with E-state index in [1.165, 1.54) is 6.07 Å². The van der Waals surface area contributed by atoms with Crippen LogP contribution in [0.5, 0.6) is 0 Å². The van der Waals surface area contributed by atoms with Crippen LogP contribution >= 0.6 is 0 Å². The normalized spacial score (nSPS) is 11.3. The first-order chi connectivity index (χ1) is 10.9. The van der Waals surface area contributed by atoms with Crippen molar-refractivity contribution in [2.45, 2.75) is 58.0 Å². The summed E-state index contributed by atoms with van der Waals surface area (Å²) in [7, 11) is 0.